The maximum absolute atomic E-state index is 12.4. The first kappa shape index (κ1) is 13.5. The average molecular weight is 300 g/mol. The van der Waals surface area contributed by atoms with Crippen LogP contribution in [0, 0.1) is 0 Å². The number of hydrogen-bond acceptors (Lipinski definition) is 4. The van der Waals surface area contributed by atoms with Crippen LogP contribution in [-0.4, -0.2) is 20.8 Å². The predicted octanol–water partition coefficient (Wildman–Crippen LogP) is 2.97. The highest BCUT2D eigenvalue weighted by Crippen LogP contribution is 2.36. The van der Waals surface area contributed by atoms with Crippen LogP contribution in [0.4, 0.5) is 10.5 Å². The molecule has 6 heteroatoms. The van der Waals surface area contributed by atoms with Crippen molar-refractivity contribution in [3.63, 3.8) is 0 Å². The van der Waals surface area contributed by atoms with Crippen molar-refractivity contribution < 1.29 is 14.7 Å². The van der Waals surface area contributed by atoms with E-state index in [0.29, 0.717) is 10.6 Å². The van der Waals surface area contributed by atoms with Gasteiger partial charge in [-0.1, -0.05) is 6.07 Å². The Kier molecular flexibility index (Phi) is 3.31. The summed E-state index contributed by atoms with van der Waals surface area (Å²) in [5, 5.41) is 9.11. The number of aryl methyl sites for hydroxylation is 1. The fourth-order valence-electron chi connectivity index (χ4n) is 2.08. The first-order valence-electron chi connectivity index (χ1n) is 6.24. The van der Waals surface area contributed by atoms with Crippen molar-refractivity contribution >= 4 is 34.7 Å². The molecule has 0 saturated carbocycles. The number of carbonyl (C=O) groups excluding carboxylic acids is 2. The van der Waals surface area contributed by atoms with Gasteiger partial charge in [0.25, 0.3) is 11.1 Å². The molecule has 1 aliphatic heterocycles. The Bertz CT molecular complexity index is 764. The number of aromatic hydroxyl groups is 1. The first-order chi connectivity index (χ1) is 10.1. The number of aromatic nitrogens is 1. The molecule has 106 valence electrons. The van der Waals surface area contributed by atoms with Gasteiger partial charge in [-0.25, -0.2) is 4.90 Å². The minimum atomic E-state index is -0.378. The van der Waals surface area contributed by atoms with E-state index < -0.39 is 0 Å². The van der Waals surface area contributed by atoms with E-state index in [1.807, 2.05) is 29.9 Å². The Hall–Kier alpha value is -2.47. The second-order valence-electron chi connectivity index (χ2n) is 4.58. The molecule has 3 rings (SSSR count). The van der Waals surface area contributed by atoms with Gasteiger partial charge in [0, 0.05) is 25.0 Å². The fourth-order valence-corrected chi connectivity index (χ4v) is 2.91. The summed E-state index contributed by atoms with van der Waals surface area (Å²) in [5.41, 5.74) is 1.21. The number of anilines is 1. The zero-order valence-corrected chi connectivity index (χ0v) is 12.0. The molecule has 0 radical (unpaired) electrons. The topological polar surface area (TPSA) is 62.5 Å². The molecule has 1 fully saturated rings. The number of carbonyl (C=O) groups is 2. The molecule has 0 bridgehead atoms. The average Bonchev–Trinajstić information content (AvgIpc) is 2.95. The van der Waals surface area contributed by atoms with Gasteiger partial charge >= 0.3 is 0 Å². The van der Waals surface area contributed by atoms with Crippen LogP contribution in [0.1, 0.15) is 5.69 Å². The number of rotatable bonds is 2. The number of phenols is 1. The molecule has 1 aliphatic rings. The lowest BCUT2D eigenvalue weighted by atomic mass is 10.2. The van der Waals surface area contributed by atoms with Crippen LogP contribution in [0.2, 0.25) is 0 Å². The number of amides is 2. The molecule has 2 amide bonds. The first-order valence-corrected chi connectivity index (χ1v) is 7.06. The maximum atomic E-state index is 12.4. The quantitative estimate of drug-likeness (QED) is 0.866. The molecule has 5 nitrogen and oxygen atoms in total. The van der Waals surface area contributed by atoms with Crippen LogP contribution < -0.4 is 4.90 Å². The highest BCUT2D eigenvalue weighted by molar-refractivity contribution is 8.19. The zero-order valence-electron chi connectivity index (χ0n) is 11.2. The van der Waals surface area contributed by atoms with Gasteiger partial charge in [0.2, 0.25) is 0 Å². The summed E-state index contributed by atoms with van der Waals surface area (Å²) in [5.74, 6) is -0.366. The van der Waals surface area contributed by atoms with E-state index in [1.165, 1.54) is 12.1 Å². The van der Waals surface area contributed by atoms with E-state index in [1.54, 1.807) is 18.2 Å². The predicted molar refractivity (Wildman–Crippen MR) is 82.0 cm³/mol. The largest absolute Gasteiger partial charge is 0.508 e. The van der Waals surface area contributed by atoms with Gasteiger partial charge in [-0.15, -0.1) is 0 Å². The Morgan fingerprint density at radius 3 is 2.67 bits per heavy atom. The standard InChI is InChI=1S/C15H12N2O3S/c1-16-7-3-5-10(16)9-13-14(19)17(15(20)21-13)11-4-2-6-12(18)8-11/h2-9,18H,1H3. The molecule has 0 spiro atoms. The molecular formula is C15H12N2O3S. The fraction of sp³-hybridized carbons (Fsp3) is 0.0667. The van der Waals surface area contributed by atoms with Gasteiger partial charge in [0.1, 0.15) is 5.75 Å². The van der Waals surface area contributed by atoms with Crippen molar-refractivity contribution in [2.24, 2.45) is 7.05 Å². The third-order valence-electron chi connectivity index (χ3n) is 3.14. The van der Waals surface area contributed by atoms with Crippen molar-refractivity contribution in [2.45, 2.75) is 0 Å². The monoisotopic (exact) mass is 300 g/mol. The molecule has 1 aromatic carbocycles. The molecule has 1 aromatic heterocycles. The number of benzene rings is 1. The van der Waals surface area contributed by atoms with Gasteiger partial charge in [0.15, 0.2) is 0 Å². The summed E-state index contributed by atoms with van der Waals surface area (Å²) in [6, 6.07) is 9.81. The van der Waals surface area contributed by atoms with E-state index in [-0.39, 0.29) is 16.9 Å². The second kappa shape index (κ2) is 5.14. The summed E-state index contributed by atoms with van der Waals surface area (Å²) in [6.07, 6.45) is 3.55. The maximum Gasteiger partial charge on any atom is 0.298 e. The molecule has 0 aliphatic carbocycles. The minimum Gasteiger partial charge on any atom is -0.508 e. The number of thioether (sulfide) groups is 1. The Morgan fingerprint density at radius 1 is 1.19 bits per heavy atom. The van der Waals surface area contributed by atoms with Crippen molar-refractivity contribution in [1.29, 1.82) is 0 Å². The summed E-state index contributed by atoms with van der Waals surface area (Å²) >= 11 is 0.893. The third-order valence-corrected chi connectivity index (χ3v) is 4.01. The normalized spacial score (nSPS) is 17.0. The molecule has 2 aromatic rings. The SMILES string of the molecule is Cn1cccc1C=C1SC(=O)N(c2cccc(O)c2)C1=O. The van der Waals surface area contributed by atoms with Crippen LogP contribution in [-0.2, 0) is 11.8 Å². The van der Waals surface area contributed by atoms with Crippen molar-refractivity contribution in [1.82, 2.24) is 4.57 Å². The summed E-state index contributed by atoms with van der Waals surface area (Å²) in [6.45, 7) is 0. The number of phenolic OH excluding ortho intramolecular Hbond substituents is 1. The van der Waals surface area contributed by atoms with Crippen LogP contribution in [0.3, 0.4) is 0 Å². The molecule has 1 N–H and O–H groups in total. The highest BCUT2D eigenvalue weighted by atomic mass is 32.2. The smallest absolute Gasteiger partial charge is 0.298 e. The number of hydrogen-bond donors (Lipinski definition) is 1. The lowest BCUT2D eigenvalue weighted by Crippen LogP contribution is -2.27. The summed E-state index contributed by atoms with van der Waals surface area (Å²) < 4.78 is 1.86. The lowest BCUT2D eigenvalue weighted by Gasteiger charge is -2.12. The van der Waals surface area contributed by atoms with Crippen molar-refractivity contribution in [3.8, 4) is 5.75 Å². The molecule has 21 heavy (non-hydrogen) atoms. The van der Waals surface area contributed by atoms with Crippen LogP contribution in [0.15, 0.2) is 47.5 Å². The Balaban J connectivity index is 1.96. The molecule has 0 unspecified atom stereocenters. The second-order valence-corrected chi connectivity index (χ2v) is 5.57. The van der Waals surface area contributed by atoms with Gasteiger partial charge in [0.05, 0.1) is 10.6 Å². The minimum absolute atomic E-state index is 0.0120. The summed E-state index contributed by atoms with van der Waals surface area (Å²) in [7, 11) is 1.87. The Labute approximate surface area is 125 Å². The molecule has 0 atom stereocenters. The summed E-state index contributed by atoms with van der Waals surface area (Å²) in [4.78, 5) is 25.9. The van der Waals surface area contributed by atoms with E-state index in [2.05, 4.69) is 0 Å². The van der Waals surface area contributed by atoms with E-state index in [9.17, 15) is 14.7 Å². The molecule has 2 heterocycles. The number of imide groups is 1. The van der Waals surface area contributed by atoms with Gasteiger partial charge < -0.3 is 9.67 Å². The van der Waals surface area contributed by atoms with E-state index >= 15 is 0 Å². The van der Waals surface area contributed by atoms with Gasteiger partial charge in [-0.3, -0.25) is 9.59 Å². The Morgan fingerprint density at radius 2 is 2.00 bits per heavy atom. The van der Waals surface area contributed by atoms with Crippen molar-refractivity contribution in [3.05, 3.63) is 53.2 Å². The van der Waals surface area contributed by atoms with E-state index in [4.69, 9.17) is 0 Å². The van der Waals surface area contributed by atoms with Crippen LogP contribution >= 0.6 is 11.8 Å². The third kappa shape index (κ3) is 2.45. The van der Waals surface area contributed by atoms with E-state index in [0.717, 1.165) is 22.4 Å². The number of nitrogens with zero attached hydrogens (tertiary/aromatic N) is 2. The van der Waals surface area contributed by atoms with Gasteiger partial charge in [-0.05, 0) is 42.1 Å². The van der Waals surface area contributed by atoms with Crippen LogP contribution in [0.25, 0.3) is 6.08 Å². The highest BCUT2D eigenvalue weighted by Gasteiger charge is 2.36. The van der Waals surface area contributed by atoms with Crippen molar-refractivity contribution in [2.75, 3.05) is 4.90 Å². The lowest BCUT2D eigenvalue weighted by molar-refractivity contribution is -0.113. The zero-order chi connectivity index (χ0) is 15.0. The molecule has 1 saturated heterocycles. The van der Waals surface area contributed by atoms with Gasteiger partial charge in [-0.2, -0.15) is 0 Å². The van der Waals surface area contributed by atoms with Crippen LogP contribution in [0.5, 0.6) is 5.75 Å². The molecular weight excluding hydrogens is 288 g/mol.